The first-order valence-corrected chi connectivity index (χ1v) is 11.7. The summed E-state index contributed by atoms with van der Waals surface area (Å²) in [6, 6.07) is 14.1. The average Bonchev–Trinajstić information content (AvgIpc) is 3.30. The van der Waals surface area contributed by atoms with Crippen LogP contribution in [0.2, 0.25) is 0 Å². The summed E-state index contributed by atoms with van der Waals surface area (Å²) in [5.41, 5.74) is 1.64. The lowest BCUT2D eigenvalue weighted by molar-refractivity contribution is -0.113. The number of carbonyl (C=O) groups excluding carboxylic acids is 2. The van der Waals surface area contributed by atoms with Crippen molar-refractivity contribution < 1.29 is 18.7 Å². The third kappa shape index (κ3) is 5.12. The number of thiophene rings is 1. The molecule has 0 spiro atoms. The lowest BCUT2D eigenvalue weighted by Crippen LogP contribution is -2.24. The topological polar surface area (TPSA) is 90.3 Å². The Morgan fingerprint density at radius 1 is 1.15 bits per heavy atom. The van der Waals surface area contributed by atoms with Gasteiger partial charge < -0.3 is 10.1 Å². The van der Waals surface area contributed by atoms with Crippen LogP contribution in [0, 0.1) is 5.82 Å². The fourth-order valence-electron chi connectivity index (χ4n) is 3.14. The zero-order valence-electron chi connectivity index (χ0n) is 17.4. The molecule has 10 heteroatoms. The van der Waals surface area contributed by atoms with Crippen LogP contribution < -0.4 is 10.9 Å². The molecule has 0 atom stereocenters. The van der Waals surface area contributed by atoms with Gasteiger partial charge in [-0.05, 0) is 41.3 Å². The maximum Gasteiger partial charge on any atom is 0.339 e. The number of methoxy groups -OCH3 is 1. The minimum absolute atomic E-state index is 0.0407. The first-order chi connectivity index (χ1) is 16.0. The fraction of sp³-hybridized carbons (Fsp3) is 0.130. The van der Waals surface area contributed by atoms with Crippen LogP contribution in [-0.2, 0) is 16.1 Å². The molecule has 1 amide bonds. The van der Waals surface area contributed by atoms with Crippen molar-refractivity contribution in [3.63, 3.8) is 0 Å². The second kappa shape index (κ2) is 9.97. The third-order valence-corrected chi connectivity index (χ3v) is 6.59. The van der Waals surface area contributed by atoms with Crippen molar-refractivity contribution in [2.45, 2.75) is 11.7 Å². The molecule has 33 heavy (non-hydrogen) atoms. The van der Waals surface area contributed by atoms with Crippen molar-refractivity contribution in [2.75, 3.05) is 18.2 Å². The molecule has 0 unspecified atom stereocenters. The maximum atomic E-state index is 13.3. The van der Waals surface area contributed by atoms with Crippen molar-refractivity contribution in [1.29, 1.82) is 0 Å². The van der Waals surface area contributed by atoms with E-state index in [1.54, 1.807) is 47.8 Å². The van der Waals surface area contributed by atoms with Crippen molar-refractivity contribution in [3.8, 4) is 0 Å². The summed E-state index contributed by atoms with van der Waals surface area (Å²) in [5.74, 6) is -1.34. The monoisotopic (exact) mass is 483 g/mol. The number of amides is 1. The highest BCUT2D eigenvalue weighted by Crippen LogP contribution is 2.23. The van der Waals surface area contributed by atoms with Gasteiger partial charge in [-0.1, -0.05) is 36.0 Å². The number of esters is 1. The molecule has 1 N–H and O–H groups in total. The van der Waals surface area contributed by atoms with Gasteiger partial charge in [0.05, 0.1) is 36.2 Å². The van der Waals surface area contributed by atoms with Gasteiger partial charge in [0.1, 0.15) is 10.5 Å². The number of nitrogens with zero attached hydrogens (tertiary/aromatic N) is 2. The average molecular weight is 484 g/mol. The molecule has 0 radical (unpaired) electrons. The number of hydrogen-bond donors (Lipinski definition) is 1. The zero-order valence-corrected chi connectivity index (χ0v) is 19.0. The van der Waals surface area contributed by atoms with Gasteiger partial charge in [0.15, 0.2) is 5.16 Å². The quantitative estimate of drug-likeness (QED) is 0.241. The smallest absolute Gasteiger partial charge is 0.339 e. The molecular weight excluding hydrogens is 465 g/mol. The number of anilines is 1. The number of fused-ring (bicyclic) bond motifs is 1. The molecule has 2 aromatic carbocycles. The van der Waals surface area contributed by atoms with Crippen LogP contribution >= 0.6 is 23.1 Å². The Morgan fingerprint density at radius 3 is 2.67 bits per heavy atom. The summed E-state index contributed by atoms with van der Waals surface area (Å²) in [7, 11) is 1.27. The number of rotatable bonds is 7. The minimum atomic E-state index is -0.559. The number of ether oxygens (including phenoxy) is 1. The van der Waals surface area contributed by atoms with Crippen LogP contribution in [-0.4, -0.2) is 34.3 Å². The number of aromatic nitrogens is 2. The number of thioether (sulfide) groups is 1. The Balaban J connectivity index is 1.57. The number of para-hydroxylation sites is 1. The molecule has 7 nitrogen and oxygen atoms in total. The second-order valence-electron chi connectivity index (χ2n) is 6.92. The molecule has 0 bridgehead atoms. The van der Waals surface area contributed by atoms with E-state index in [4.69, 9.17) is 4.74 Å². The summed E-state index contributed by atoms with van der Waals surface area (Å²) in [4.78, 5) is 42.2. The van der Waals surface area contributed by atoms with Gasteiger partial charge >= 0.3 is 5.97 Å². The highest BCUT2D eigenvalue weighted by atomic mass is 32.2. The molecule has 0 fully saturated rings. The van der Waals surface area contributed by atoms with Crippen molar-refractivity contribution >= 4 is 50.9 Å². The van der Waals surface area contributed by atoms with Gasteiger partial charge in [0.2, 0.25) is 5.91 Å². The van der Waals surface area contributed by atoms with E-state index in [1.165, 1.54) is 35.1 Å². The molecule has 4 aromatic rings. The Labute approximate surface area is 196 Å². The van der Waals surface area contributed by atoms with Gasteiger partial charge in [-0.3, -0.25) is 14.2 Å². The maximum absolute atomic E-state index is 13.3. The molecule has 2 aromatic heterocycles. The largest absolute Gasteiger partial charge is 0.465 e. The Kier molecular flexibility index (Phi) is 6.85. The zero-order chi connectivity index (χ0) is 23.4. The van der Waals surface area contributed by atoms with Crippen LogP contribution in [0.15, 0.2) is 69.9 Å². The van der Waals surface area contributed by atoms with Crippen molar-refractivity contribution in [1.82, 2.24) is 9.55 Å². The van der Waals surface area contributed by atoms with Crippen LogP contribution in [0.25, 0.3) is 10.2 Å². The number of benzene rings is 2. The Morgan fingerprint density at radius 2 is 1.91 bits per heavy atom. The van der Waals surface area contributed by atoms with E-state index in [-0.39, 0.29) is 35.1 Å². The number of nitrogens with one attached hydrogen (secondary N) is 1. The van der Waals surface area contributed by atoms with Crippen molar-refractivity contribution in [2.24, 2.45) is 0 Å². The highest BCUT2D eigenvalue weighted by molar-refractivity contribution is 7.99. The predicted molar refractivity (Wildman–Crippen MR) is 127 cm³/mol. The Bertz CT molecular complexity index is 1380. The van der Waals surface area contributed by atoms with Crippen LogP contribution in [0.5, 0.6) is 0 Å². The lowest BCUT2D eigenvalue weighted by Gasteiger charge is -2.13. The molecule has 2 heterocycles. The van der Waals surface area contributed by atoms with Gasteiger partial charge in [-0.15, -0.1) is 11.3 Å². The summed E-state index contributed by atoms with van der Waals surface area (Å²) < 4.78 is 20.0. The molecular formula is C23H18FN3O4S2. The predicted octanol–water partition coefficient (Wildman–Crippen LogP) is 4.16. The van der Waals surface area contributed by atoms with E-state index >= 15 is 0 Å². The molecule has 0 aliphatic heterocycles. The summed E-state index contributed by atoms with van der Waals surface area (Å²) in [6.45, 7) is 0.190. The molecule has 168 valence electrons. The molecule has 4 rings (SSSR count). The highest BCUT2D eigenvalue weighted by Gasteiger charge is 2.17. The van der Waals surface area contributed by atoms with Gasteiger partial charge in [-0.25, -0.2) is 14.2 Å². The van der Waals surface area contributed by atoms with Crippen LogP contribution in [0.1, 0.15) is 15.9 Å². The third-order valence-electron chi connectivity index (χ3n) is 4.72. The standard InChI is InChI=1S/C23H18FN3O4S2/c1-31-22(30)16-4-2-3-5-17(16)25-19(28)13-33-23-26-18-10-11-32-20(18)21(29)27(23)12-14-6-8-15(24)9-7-14/h2-11H,12-13H2,1H3,(H,25,28). The first kappa shape index (κ1) is 22.7. The first-order valence-electron chi connectivity index (χ1n) is 9.78. The van der Waals surface area contributed by atoms with E-state index in [9.17, 15) is 18.8 Å². The summed E-state index contributed by atoms with van der Waals surface area (Å²) in [6.07, 6.45) is 0. The molecule has 0 saturated heterocycles. The van der Waals surface area contributed by atoms with E-state index in [0.717, 1.165) is 17.3 Å². The second-order valence-corrected chi connectivity index (χ2v) is 8.78. The van der Waals surface area contributed by atoms with E-state index in [0.29, 0.717) is 21.1 Å². The number of hydrogen-bond acceptors (Lipinski definition) is 7. The van der Waals surface area contributed by atoms with Gasteiger partial charge in [-0.2, -0.15) is 0 Å². The van der Waals surface area contributed by atoms with Crippen LogP contribution in [0.4, 0.5) is 10.1 Å². The van der Waals surface area contributed by atoms with E-state index in [1.807, 2.05) is 0 Å². The molecule has 0 saturated carbocycles. The van der Waals surface area contributed by atoms with Gasteiger partial charge in [0.25, 0.3) is 5.56 Å². The SMILES string of the molecule is COC(=O)c1ccccc1NC(=O)CSc1nc2ccsc2c(=O)n1Cc1ccc(F)cc1. The van der Waals surface area contributed by atoms with Crippen LogP contribution in [0.3, 0.4) is 0 Å². The molecule has 0 aliphatic rings. The van der Waals surface area contributed by atoms with Gasteiger partial charge in [0, 0.05) is 0 Å². The fourth-order valence-corrected chi connectivity index (χ4v) is 4.72. The van der Waals surface area contributed by atoms with E-state index < -0.39 is 5.97 Å². The molecule has 0 aliphatic carbocycles. The van der Waals surface area contributed by atoms with Crippen molar-refractivity contribution in [3.05, 3.63) is 87.3 Å². The lowest BCUT2D eigenvalue weighted by atomic mass is 10.2. The summed E-state index contributed by atoms with van der Waals surface area (Å²) >= 11 is 2.40. The minimum Gasteiger partial charge on any atom is -0.465 e. The number of carbonyl (C=O) groups is 2. The summed E-state index contributed by atoms with van der Waals surface area (Å²) in [5, 5.41) is 4.85. The van der Waals surface area contributed by atoms with E-state index in [2.05, 4.69) is 10.3 Å². The normalized spacial score (nSPS) is 10.8. The Hall–Kier alpha value is -3.50. The number of halogens is 1.